The highest BCUT2D eigenvalue weighted by Crippen LogP contribution is 2.23. The van der Waals surface area contributed by atoms with Crippen LogP contribution in [-0.4, -0.2) is 11.1 Å². The van der Waals surface area contributed by atoms with Crippen LogP contribution in [0.25, 0.3) is 11.1 Å². The number of hydrogen-bond acceptors (Lipinski definition) is 1. The minimum Gasteiger partial charge on any atom is -0.478 e. The molecule has 0 radical (unpaired) electrons. The molecule has 0 spiro atoms. The Morgan fingerprint density at radius 2 is 1.70 bits per heavy atom. The van der Waals surface area contributed by atoms with Crippen molar-refractivity contribution in [2.75, 3.05) is 0 Å². The van der Waals surface area contributed by atoms with Crippen LogP contribution in [0.5, 0.6) is 0 Å². The van der Waals surface area contributed by atoms with E-state index in [1.165, 1.54) is 18.4 Å². The van der Waals surface area contributed by atoms with Crippen LogP contribution >= 0.6 is 0 Å². The quantitative estimate of drug-likeness (QED) is 0.853. The SMILES string of the molecule is CCCCc1ccc(-c2ccc(C)c(C(=O)O)c2)cc1. The molecule has 0 heterocycles. The van der Waals surface area contributed by atoms with Crippen molar-refractivity contribution in [2.24, 2.45) is 0 Å². The zero-order chi connectivity index (χ0) is 14.5. The van der Waals surface area contributed by atoms with Crippen molar-refractivity contribution in [3.05, 3.63) is 59.2 Å². The molecule has 0 aliphatic heterocycles. The molecule has 0 fully saturated rings. The number of aromatic carboxylic acids is 1. The number of aryl methyl sites for hydroxylation is 2. The number of unbranched alkanes of at least 4 members (excludes halogenated alkanes) is 1. The third-order valence-corrected chi connectivity index (χ3v) is 3.57. The van der Waals surface area contributed by atoms with Crippen LogP contribution < -0.4 is 0 Å². The molecule has 0 amide bonds. The van der Waals surface area contributed by atoms with Gasteiger partial charge in [0, 0.05) is 0 Å². The van der Waals surface area contributed by atoms with Gasteiger partial charge in [0.25, 0.3) is 0 Å². The molecule has 0 aromatic heterocycles. The maximum Gasteiger partial charge on any atom is 0.335 e. The first-order chi connectivity index (χ1) is 9.61. The summed E-state index contributed by atoms with van der Waals surface area (Å²) in [6, 6.07) is 14.0. The van der Waals surface area contributed by atoms with Crippen LogP contribution in [0.3, 0.4) is 0 Å². The van der Waals surface area contributed by atoms with Crippen molar-refractivity contribution in [1.29, 1.82) is 0 Å². The van der Waals surface area contributed by atoms with E-state index in [4.69, 9.17) is 0 Å². The van der Waals surface area contributed by atoms with Crippen LogP contribution in [0.2, 0.25) is 0 Å². The second-order valence-corrected chi connectivity index (χ2v) is 5.14. The van der Waals surface area contributed by atoms with Gasteiger partial charge >= 0.3 is 5.97 Å². The average Bonchev–Trinajstić information content (AvgIpc) is 2.46. The summed E-state index contributed by atoms with van der Waals surface area (Å²) in [5.41, 5.74) is 4.52. The van der Waals surface area contributed by atoms with E-state index in [2.05, 4.69) is 31.2 Å². The molecule has 0 aliphatic rings. The Kier molecular flexibility index (Phi) is 4.57. The zero-order valence-corrected chi connectivity index (χ0v) is 12.0. The zero-order valence-electron chi connectivity index (χ0n) is 12.0. The summed E-state index contributed by atoms with van der Waals surface area (Å²) in [5, 5.41) is 9.18. The normalized spacial score (nSPS) is 10.5. The van der Waals surface area contributed by atoms with E-state index in [0.29, 0.717) is 5.56 Å². The van der Waals surface area contributed by atoms with Gasteiger partial charge in [-0.3, -0.25) is 0 Å². The first-order valence-electron chi connectivity index (χ1n) is 7.05. The molecule has 2 aromatic rings. The Hall–Kier alpha value is -2.09. The number of hydrogen-bond donors (Lipinski definition) is 1. The van der Waals surface area contributed by atoms with Crippen molar-refractivity contribution in [1.82, 2.24) is 0 Å². The lowest BCUT2D eigenvalue weighted by molar-refractivity contribution is 0.0696. The van der Waals surface area contributed by atoms with Crippen LogP contribution in [0.4, 0.5) is 0 Å². The van der Waals surface area contributed by atoms with Crippen molar-refractivity contribution in [3.8, 4) is 11.1 Å². The van der Waals surface area contributed by atoms with Gasteiger partial charge in [-0.25, -0.2) is 4.79 Å². The van der Waals surface area contributed by atoms with Crippen LogP contribution in [0.15, 0.2) is 42.5 Å². The predicted molar refractivity (Wildman–Crippen MR) is 82.2 cm³/mol. The standard InChI is InChI=1S/C18H20O2/c1-3-4-5-14-7-10-15(11-8-14)16-9-6-13(2)17(12-16)18(19)20/h6-12H,3-5H2,1-2H3,(H,19,20). The molecule has 2 rings (SSSR count). The molecule has 20 heavy (non-hydrogen) atoms. The molecule has 0 saturated carbocycles. The highest BCUT2D eigenvalue weighted by Gasteiger charge is 2.08. The van der Waals surface area contributed by atoms with Gasteiger partial charge in [-0.05, 0) is 48.1 Å². The minimum absolute atomic E-state index is 0.373. The third-order valence-electron chi connectivity index (χ3n) is 3.57. The summed E-state index contributed by atoms with van der Waals surface area (Å²) in [4.78, 5) is 11.2. The molecule has 0 aliphatic carbocycles. The summed E-state index contributed by atoms with van der Waals surface area (Å²) in [6.07, 6.45) is 3.50. The van der Waals surface area contributed by atoms with E-state index < -0.39 is 5.97 Å². The number of carboxylic acid groups (broad SMARTS) is 1. The molecule has 0 saturated heterocycles. The van der Waals surface area contributed by atoms with Gasteiger partial charge in [0.05, 0.1) is 5.56 Å². The van der Waals surface area contributed by atoms with E-state index >= 15 is 0 Å². The van der Waals surface area contributed by atoms with Crippen molar-refractivity contribution in [3.63, 3.8) is 0 Å². The fraction of sp³-hybridized carbons (Fsp3) is 0.278. The number of carboxylic acids is 1. The molecule has 1 N–H and O–H groups in total. The molecule has 0 atom stereocenters. The van der Waals surface area contributed by atoms with Crippen molar-refractivity contribution < 1.29 is 9.90 Å². The van der Waals surface area contributed by atoms with Gasteiger partial charge in [-0.2, -0.15) is 0 Å². The van der Waals surface area contributed by atoms with Gasteiger partial charge < -0.3 is 5.11 Å². The molecule has 2 heteroatoms. The van der Waals surface area contributed by atoms with E-state index in [1.807, 2.05) is 19.1 Å². The molecule has 2 nitrogen and oxygen atoms in total. The summed E-state index contributed by atoms with van der Waals surface area (Å²) in [7, 11) is 0. The third kappa shape index (κ3) is 3.27. The Bertz CT molecular complexity index is 597. The first kappa shape index (κ1) is 14.3. The van der Waals surface area contributed by atoms with Crippen LogP contribution in [0.1, 0.15) is 41.3 Å². The minimum atomic E-state index is -0.871. The van der Waals surface area contributed by atoms with E-state index in [1.54, 1.807) is 6.07 Å². The molecular formula is C18H20O2. The summed E-state index contributed by atoms with van der Waals surface area (Å²) >= 11 is 0. The highest BCUT2D eigenvalue weighted by molar-refractivity contribution is 5.91. The summed E-state index contributed by atoms with van der Waals surface area (Å²) in [6.45, 7) is 4.01. The predicted octanol–water partition coefficient (Wildman–Crippen LogP) is 4.70. The Morgan fingerprint density at radius 1 is 1.05 bits per heavy atom. The summed E-state index contributed by atoms with van der Waals surface area (Å²) < 4.78 is 0. The Morgan fingerprint density at radius 3 is 2.30 bits per heavy atom. The van der Waals surface area contributed by atoms with E-state index in [9.17, 15) is 9.90 Å². The average molecular weight is 268 g/mol. The van der Waals surface area contributed by atoms with Gasteiger partial charge in [0.1, 0.15) is 0 Å². The van der Waals surface area contributed by atoms with Gasteiger partial charge in [0.2, 0.25) is 0 Å². The van der Waals surface area contributed by atoms with Crippen molar-refractivity contribution >= 4 is 5.97 Å². The Labute approximate surface area is 120 Å². The lowest BCUT2D eigenvalue weighted by Gasteiger charge is -2.07. The maximum absolute atomic E-state index is 11.2. The smallest absolute Gasteiger partial charge is 0.335 e. The number of rotatable bonds is 5. The maximum atomic E-state index is 11.2. The summed E-state index contributed by atoms with van der Waals surface area (Å²) in [5.74, 6) is -0.871. The lowest BCUT2D eigenvalue weighted by atomic mass is 9.98. The van der Waals surface area contributed by atoms with Crippen LogP contribution in [-0.2, 0) is 6.42 Å². The topological polar surface area (TPSA) is 37.3 Å². The van der Waals surface area contributed by atoms with Gasteiger partial charge in [0.15, 0.2) is 0 Å². The lowest BCUT2D eigenvalue weighted by Crippen LogP contribution is -1.99. The van der Waals surface area contributed by atoms with Gasteiger partial charge in [-0.15, -0.1) is 0 Å². The molecular weight excluding hydrogens is 248 g/mol. The second-order valence-electron chi connectivity index (χ2n) is 5.14. The van der Waals surface area contributed by atoms with Gasteiger partial charge in [-0.1, -0.05) is 49.7 Å². The van der Waals surface area contributed by atoms with Crippen molar-refractivity contribution in [2.45, 2.75) is 33.1 Å². The van der Waals surface area contributed by atoms with Crippen LogP contribution in [0, 0.1) is 6.92 Å². The fourth-order valence-corrected chi connectivity index (χ4v) is 2.28. The second kappa shape index (κ2) is 6.38. The molecule has 0 bridgehead atoms. The number of carbonyl (C=O) groups is 1. The Balaban J connectivity index is 2.27. The molecule has 104 valence electrons. The molecule has 0 unspecified atom stereocenters. The first-order valence-corrected chi connectivity index (χ1v) is 7.05. The van der Waals surface area contributed by atoms with E-state index in [0.717, 1.165) is 23.1 Å². The fourth-order valence-electron chi connectivity index (χ4n) is 2.28. The monoisotopic (exact) mass is 268 g/mol. The number of benzene rings is 2. The molecule has 2 aromatic carbocycles. The highest BCUT2D eigenvalue weighted by atomic mass is 16.4. The van der Waals surface area contributed by atoms with E-state index in [-0.39, 0.29) is 0 Å². The largest absolute Gasteiger partial charge is 0.478 e.